The van der Waals surface area contributed by atoms with E-state index in [1.807, 2.05) is 12.4 Å². The molecule has 2 N–H and O–H groups in total. The van der Waals surface area contributed by atoms with Crippen LogP contribution in [0.3, 0.4) is 0 Å². The number of phenolic OH excluding ortho intramolecular Hbond substituents is 2. The van der Waals surface area contributed by atoms with Crippen molar-refractivity contribution >= 4 is 12.4 Å². The Morgan fingerprint density at radius 3 is 1.35 bits per heavy atom. The summed E-state index contributed by atoms with van der Waals surface area (Å²) in [5, 5.41) is 22.1. The molecule has 2 aromatic carbocycles. The van der Waals surface area contributed by atoms with Crippen molar-refractivity contribution < 1.29 is 10.2 Å². The van der Waals surface area contributed by atoms with E-state index in [-0.39, 0.29) is 12.1 Å². The third kappa shape index (κ3) is 9.49. The summed E-state index contributed by atoms with van der Waals surface area (Å²) in [6.45, 7) is 8.82. The minimum atomic E-state index is 0.0905. The molecule has 1 aliphatic carbocycles. The molecule has 0 bridgehead atoms. The number of rotatable bonds is 16. The zero-order chi connectivity index (χ0) is 28.7. The molecule has 0 aromatic heterocycles. The second kappa shape index (κ2) is 17.3. The summed E-state index contributed by atoms with van der Waals surface area (Å²) in [5.74, 6) is 0.781. The number of phenols is 2. The Kier molecular flexibility index (Phi) is 13.8. The summed E-state index contributed by atoms with van der Waals surface area (Å²) < 4.78 is 0. The standard InChI is InChI=1S/C36H54N2O2/c1-5-9-15-27-21-29(17-11-7-3)35(39)31(23-27)25-37-33-19-13-14-20-34(33)38-26-32-24-28(16-10-6-2)22-30(36(32)40)18-12-8-4/h21-26,33-34,39-40H,5-20H2,1-4H3/t33-,34-/m1/s1. The molecule has 0 saturated heterocycles. The molecule has 3 rings (SSSR count). The topological polar surface area (TPSA) is 65.2 Å². The smallest absolute Gasteiger partial charge is 0.127 e. The number of nitrogens with zero attached hydrogens (tertiary/aromatic N) is 2. The number of hydrogen-bond acceptors (Lipinski definition) is 4. The Morgan fingerprint density at radius 1 is 0.600 bits per heavy atom. The van der Waals surface area contributed by atoms with Crippen molar-refractivity contribution in [1.82, 2.24) is 0 Å². The maximum Gasteiger partial charge on any atom is 0.127 e. The van der Waals surface area contributed by atoms with Crippen LogP contribution in [0.15, 0.2) is 34.3 Å². The molecule has 0 spiro atoms. The molecule has 0 amide bonds. The van der Waals surface area contributed by atoms with Crippen LogP contribution in [-0.2, 0) is 25.7 Å². The summed E-state index contributed by atoms with van der Waals surface area (Å²) in [6, 6.07) is 8.83. The fraction of sp³-hybridized carbons (Fsp3) is 0.611. The molecule has 2 aromatic rings. The van der Waals surface area contributed by atoms with Gasteiger partial charge in [-0.15, -0.1) is 0 Å². The van der Waals surface area contributed by atoms with Gasteiger partial charge >= 0.3 is 0 Å². The van der Waals surface area contributed by atoms with Crippen LogP contribution in [0.25, 0.3) is 0 Å². The van der Waals surface area contributed by atoms with Crippen molar-refractivity contribution in [3.63, 3.8) is 0 Å². The molecule has 220 valence electrons. The predicted octanol–water partition coefficient (Wildman–Crippen LogP) is 9.32. The largest absolute Gasteiger partial charge is 0.507 e. The van der Waals surface area contributed by atoms with E-state index in [1.54, 1.807) is 0 Å². The van der Waals surface area contributed by atoms with Crippen molar-refractivity contribution in [2.75, 3.05) is 0 Å². The fourth-order valence-corrected chi connectivity index (χ4v) is 5.73. The number of aryl methyl sites for hydroxylation is 4. The predicted molar refractivity (Wildman–Crippen MR) is 172 cm³/mol. The number of aliphatic imine (C=N–C) groups is 2. The molecule has 1 aliphatic rings. The molecule has 0 unspecified atom stereocenters. The van der Waals surface area contributed by atoms with Crippen LogP contribution >= 0.6 is 0 Å². The van der Waals surface area contributed by atoms with E-state index in [2.05, 4.69) is 52.0 Å². The minimum Gasteiger partial charge on any atom is -0.507 e. The van der Waals surface area contributed by atoms with Gasteiger partial charge in [-0.2, -0.15) is 0 Å². The third-order valence-corrected chi connectivity index (χ3v) is 8.30. The van der Waals surface area contributed by atoms with Gasteiger partial charge < -0.3 is 10.2 Å². The quantitative estimate of drug-likeness (QED) is 0.206. The summed E-state index contributed by atoms with van der Waals surface area (Å²) in [4.78, 5) is 10.1. The van der Waals surface area contributed by atoms with E-state index < -0.39 is 0 Å². The highest BCUT2D eigenvalue weighted by molar-refractivity contribution is 5.85. The van der Waals surface area contributed by atoms with E-state index in [9.17, 15) is 10.2 Å². The highest BCUT2D eigenvalue weighted by atomic mass is 16.3. The maximum absolute atomic E-state index is 11.1. The monoisotopic (exact) mass is 546 g/mol. The Bertz CT molecular complexity index is 1020. The molecular weight excluding hydrogens is 492 g/mol. The van der Waals surface area contributed by atoms with Gasteiger partial charge in [0.15, 0.2) is 0 Å². The molecular formula is C36H54N2O2. The lowest BCUT2D eigenvalue weighted by molar-refractivity contribution is 0.390. The average Bonchev–Trinajstić information content (AvgIpc) is 2.97. The molecule has 4 nitrogen and oxygen atoms in total. The van der Waals surface area contributed by atoms with Gasteiger partial charge in [-0.25, -0.2) is 0 Å². The first-order valence-electron chi connectivity index (χ1n) is 16.3. The van der Waals surface area contributed by atoms with Gasteiger partial charge in [0.25, 0.3) is 0 Å². The van der Waals surface area contributed by atoms with E-state index in [4.69, 9.17) is 9.98 Å². The number of unbranched alkanes of at least 4 members (excludes halogenated alkanes) is 4. The summed E-state index contributed by atoms with van der Waals surface area (Å²) >= 11 is 0. The Hall–Kier alpha value is -2.62. The lowest BCUT2D eigenvalue weighted by atomic mass is 9.91. The summed E-state index contributed by atoms with van der Waals surface area (Å²) in [6.07, 6.45) is 21.0. The van der Waals surface area contributed by atoms with Gasteiger partial charge in [0.1, 0.15) is 11.5 Å². The van der Waals surface area contributed by atoms with Crippen LogP contribution in [-0.4, -0.2) is 34.7 Å². The molecule has 2 atom stereocenters. The van der Waals surface area contributed by atoms with Gasteiger partial charge in [-0.1, -0.05) is 78.4 Å². The lowest BCUT2D eigenvalue weighted by Crippen LogP contribution is -2.27. The Balaban J connectivity index is 1.85. The van der Waals surface area contributed by atoms with Crippen LogP contribution in [0.2, 0.25) is 0 Å². The first kappa shape index (κ1) is 31.9. The van der Waals surface area contributed by atoms with E-state index >= 15 is 0 Å². The van der Waals surface area contributed by atoms with Crippen molar-refractivity contribution in [3.8, 4) is 11.5 Å². The molecule has 1 saturated carbocycles. The zero-order valence-corrected chi connectivity index (χ0v) is 25.7. The Labute approximate surface area is 244 Å². The molecule has 0 heterocycles. The molecule has 0 aliphatic heterocycles. The number of aromatic hydroxyl groups is 2. The van der Waals surface area contributed by atoms with Gasteiger partial charge in [0.05, 0.1) is 12.1 Å². The minimum absolute atomic E-state index is 0.0905. The van der Waals surface area contributed by atoms with Crippen molar-refractivity contribution in [2.24, 2.45) is 9.98 Å². The van der Waals surface area contributed by atoms with Crippen LogP contribution < -0.4 is 0 Å². The van der Waals surface area contributed by atoms with Crippen LogP contribution in [0, 0.1) is 0 Å². The highest BCUT2D eigenvalue weighted by Crippen LogP contribution is 2.30. The fourth-order valence-electron chi connectivity index (χ4n) is 5.73. The number of hydrogen-bond donors (Lipinski definition) is 2. The van der Waals surface area contributed by atoms with Crippen LogP contribution in [0.4, 0.5) is 0 Å². The number of benzene rings is 2. The molecule has 0 radical (unpaired) electrons. The van der Waals surface area contributed by atoms with Crippen molar-refractivity contribution in [1.29, 1.82) is 0 Å². The first-order valence-corrected chi connectivity index (χ1v) is 16.3. The van der Waals surface area contributed by atoms with Crippen molar-refractivity contribution in [3.05, 3.63) is 57.6 Å². The normalized spacial score (nSPS) is 17.8. The van der Waals surface area contributed by atoms with E-state index in [0.717, 1.165) is 125 Å². The van der Waals surface area contributed by atoms with Gasteiger partial charge in [-0.3, -0.25) is 9.98 Å². The average molecular weight is 547 g/mol. The van der Waals surface area contributed by atoms with Gasteiger partial charge in [0, 0.05) is 23.6 Å². The van der Waals surface area contributed by atoms with E-state index in [1.165, 1.54) is 11.1 Å². The second-order valence-corrected chi connectivity index (χ2v) is 11.8. The molecule has 4 heteroatoms. The van der Waals surface area contributed by atoms with Gasteiger partial charge in [-0.05, 0) is 98.6 Å². The Morgan fingerprint density at radius 2 is 0.975 bits per heavy atom. The lowest BCUT2D eigenvalue weighted by Gasteiger charge is -2.25. The van der Waals surface area contributed by atoms with Crippen LogP contribution in [0.5, 0.6) is 11.5 Å². The summed E-state index contributed by atoms with van der Waals surface area (Å²) in [5.41, 5.74) is 6.37. The van der Waals surface area contributed by atoms with Crippen molar-refractivity contribution in [2.45, 2.75) is 143 Å². The van der Waals surface area contributed by atoms with Gasteiger partial charge in [0.2, 0.25) is 0 Å². The molecule has 1 fully saturated rings. The summed E-state index contributed by atoms with van der Waals surface area (Å²) in [7, 11) is 0. The SMILES string of the molecule is CCCCc1cc(C=N[C@@H]2CCCC[C@H]2N=Cc2cc(CCCC)cc(CCCC)c2O)c(O)c(CCCC)c1. The highest BCUT2D eigenvalue weighted by Gasteiger charge is 2.24. The van der Waals surface area contributed by atoms with Crippen LogP contribution in [0.1, 0.15) is 138 Å². The molecule has 40 heavy (non-hydrogen) atoms. The maximum atomic E-state index is 11.1. The first-order chi connectivity index (χ1) is 19.5. The van der Waals surface area contributed by atoms with E-state index in [0.29, 0.717) is 11.5 Å². The second-order valence-electron chi connectivity index (χ2n) is 11.8. The third-order valence-electron chi connectivity index (χ3n) is 8.30. The zero-order valence-electron chi connectivity index (χ0n) is 25.7.